The van der Waals surface area contributed by atoms with Crippen LogP contribution < -0.4 is 5.32 Å². The summed E-state index contributed by atoms with van der Waals surface area (Å²) in [6, 6.07) is 9.04. The van der Waals surface area contributed by atoms with Crippen LogP contribution in [0.2, 0.25) is 0 Å². The summed E-state index contributed by atoms with van der Waals surface area (Å²) in [5, 5.41) is 11.6. The fraction of sp³-hybridized carbons (Fsp3) is 0.111. The number of amides is 1. The number of nitrogens with one attached hydrogen (secondary N) is 1. The molecule has 0 aliphatic heterocycles. The number of ketones is 1. The molecule has 0 spiro atoms. The average molecular weight is 325 g/mol. The standard InChI is InChI=1S/C18H15NO5/c1-10(21)15-7-11(3-4-13(15)9-20)12-5-6-14(18(23)24)16(8-12)17(22)19-2/h3-9H,1-2H3,(H,19,22)(H,23,24). The third-order valence-electron chi connectivity index (χ3n) is 3.61. The molecule has 0 radical (unpaired) electrons. The molecule has 2 rings (SSSR count). The van der Waals surface area contributed by atoms with E-state index in [0.717, 1.165) is 0 Å². The summed E-state index contributed by atoms with van der Waals surface area (Å²) in [6.45, 7) is 1.36. The summed E-state index contributed by atoms with van der Waals surface area (Å²) >= 11 is 0. The second-order valence-electron chi connectivity index (χ2n) is 5.12. The van der Waals surface area contributed by atoms with Crippen LogP contribution in [0, 0.1) is 0 Å². The van der Waals surface area contributed by atoms with Crippen molar-refractivity contribution in [1.29, 1.82) is 0 Å². The Kier molecular flexibility index (Phi) is 4.89. The first kappa shape index (κ1) is 17.1. The molecule has 0 fully saturated rings. The average Bonchev–Trinajstić information content (AvgIpc) is 2.59. The lowest BCUT2D eigenvalue weighted by atomic mass is 9.95. The van der Waals surface area contributed by atoms with Crippen LogP contribution in [0.5, 0.6) is 0 Å². The van der Waals surface area contributed by atoms with Crippen LogP contribution in [0.1, 0.15) is 48.4 Å². The van der Waals surface area contributed by atoms with Crippen molar-refractivity contribution in [3.05, 3.63) is 58.7 Å². The van der Waals surface area contributed by atoms with Crippen molar-refractivity contribution >= 4 is 23.9 Å². The van der Waals surface area contributed by atoms with Crippen molar-refractivity contribution in [3.63, 3.8) is 0 Å². The number of carboxylic acid groups (broad SMARTS) is 1. The molecule has 122 valence electrons. The number of carbonyl (C=O) groups is 4. The highest BCUT2D eigenvalue weighted by molar-refractivity contribution is 6.06. The van der Waals surface area contributed by atoms with E-state index in [4.69, 9.17) is 0 Å². The van der Waals surface area contributed by atoms with Crippen LogP contribution in [0.4, 0.5) is 0 Å². The second kappa shape index (κ2) is 6.87. The molecule has 0 aromatic heterocycles. The lowest BCUT2D eigenvalue weighted by Gasteiger charge is -2.10. The number of hydrogen-bond acceptors (Lipinski definition) is 4. The highest BCUT2D eigenvalue weighted by Gasteiger charge is 2.17. The van der Waals surface area contributed by atoms with Gasteiger partial charge in [-0.05, 0) is 36.2 Å². The highest BCUT2D eigenvalue weighted by Crippen LogP contribution is 2.25. The zero-order chi connectivity index (χ0) is 17.9. The Labute approximate surface area is 138 Å². The van der Waals surface area contributed by atoms with Crippen LogP contribution in [0.25, 0.3) is 11.1 Å². The van der Waals surface area contributed by atoms with Crippen LogP contribution in [-0.4, -0.2) is 36.1 Å². The van der Waals surface area contributed by atoms with E-state index in [2.05, 4.69) is 5.32 Å². The van der Waals surface area contributed by atoms with E-state index in [1.807, 2.05) is 0 Å². The van der Waals surface area contributed by atoms with E-state index in [1.165, 1.54) is 32.2 Å². The van der Waals surface area contributed by atoms with Gasteiger partial charge >= 0.3 is 5.97 Å². The van der Waals surface area contributed by atoms with Gasteiger partial charge < -0.3 is 10.4 Å². The molecular weight excluding hydrogens is 310 g/mol. The van der Waals surface area contributed by atoms with Gasteiger partial charge in [0.25, 0.3) is 5.91 Å². The molecule has 1 amide bonds. The maximum atomic E-state index is 11.9. The Morgan fingerprint density at radius 2 is 1.54 bits per heavy atom. The third kappa shape index (κ3) is 3.22. The van der Waals surface area contributed by atoms with Gasteiger partial charge in [-0.25, -0.2) is 4.79 Å². The number of rotatable bonds is 5. The smallest absolute Gasteiger partial charge is 0.336 e. The van der Waals surface area contributed by atoms with Crippen molar-refractivity contribution in [3.8, 4) is 11.1 Å². The molecule has 0 saturated carbocycles. The molecule has 0 heterocycles. The fourth-order valence-electron chi connectivity index (χ4n) is 2.38. The quantitative estimate of drug-likeness (QED) is 0.649. The zero-order valence-corrected chi connectivity index (χ0v) is 13.1. The highest BCUT2D eigenvalue weighted by atomic mass is 16.4. The van der Waals surface area contributed by atoms with Gasteiger partial charge in [0.2, 0.25) is 0 Å². The van der Waals surface area contributed by atoms with E-state index in [1.54, 1.807) is 18.2 Å². The number of aldehydes is 1. The number of benzene rings is 2. The first-order valence-electron chi connectivity index (χ1n) is 7.09. The van der Waals surface area contributed by atoms with Crippen LogP contribution >= 0.6 is 0 Å². The van der Waals surface area contributed by atoms with Gasteiger partial charge in [-0.15, -0.1) is 0 Å². The van der Waals surface area contributed by atoms with Gasteiger partial charge in [0.1, 0.15) is 0 Å². The predicted octanol–water partition coefficient (Wildman–Crippen LogP) is 2.43. The monoisotopic (exact) mass is 325 g/mol. The number of hydrogen-bond donors (Lipinski definition) is 2. The van der Waals surface area contributed by atoms with Gasteiger partial charge in [0, 0.05) is 18.2 Å². The van der Waals surface area contributed by atoms with Gasteiger partial charge in [-0.1, -0.05) is 18.2 Å². The van der Waals surface area contributed by atoms with Crippen molar-refractivity contribution in [2.75, 3.05) is 7.05 Å². The molecule has 2 aromatic carbocycles. The van der Waals surface area contributed by atoms with Crippen LogP contribution in [-0.2, 0) is 0 Å². The number of carboxylic acids is 1. The number of carbonyl (C=O) groups excluding carboxylic acids is 3. The Hall–Kier alpha value is -3.28. The number of Topliss-reactive ketones (excluding diaryl/α,β-unsaturated/α-hetero) is 1. The van der Waals surface area contributed by atoms with Crippen molar-refractivity contribution in [2.24, 2.45) is 0 Å². The summed E-state index contributed by atoms with van der Waals surface area (Å²) in [7, 11) is 1.41. The Morgan fingerprint density at radius 1 is 0.958 bits per heavy atom. The van der Waals surface area contributed by atoms with Gasteiger partial charge in [-0.2, -0.15) is 0 Å². The van der Waals surface area contributed by atoms with Crippen LogP contribution in [0.15, 0.2) is 36.4 Å². The number of aromatic carboxylic acids is 1. The molecular formula is C18H15NO5. The summed E-state index contributed by atoms with van der Waals surface area (Å²) in [5.41, 5.74) is 1.62. The molecule has 6 heteroatoms. The molecule has 0 saturated heterocycles. The molecule has 0 aliphatic rings. The third-order valence-corrected chi connectivity index (χ3v) is 3.61. The molecule has 2 aromatic rings. The summed E-state index contributed by atoms with van der Waals surface area (Å²) < 4.78 is 0. The summed E-state index contributed by atoms with van der Waals surface area (Å²) in [5.74, 6) is -1.99. The van der Waals surface area contributed by atoms with Crippen molar-refractivity contribution < 1.29 is 24.3 Å². The molecule has 2 N–H and O–H groups in total. The Balaban J connectivity index is 2.63. The minimum absolute atomic E-state index is 0.0198. The molecule has 0 bridgehead atoms. The SMILES string of the molecule is CNC(=O)c1cc(-c2ccc(C=O)c(C(C)=O)c2)ccc1C(=O)O. The predicted molar refractivity (Wildman–Crippen MR) is 87.6 cm³/mol. The van der Waals surface area contributed by atoms with Crippen molar-refractivity contribution in [2.45, 2.75) is 6.92 Å². The normalized spacial score (nSPS) is 10.1. The molecule has 0 atom stereocenters. The maximum Gasteiger partial charge on any atom is 0.336 e. The summed E-state index contributed by atoms with van der Waals surface area (Å²) in [4.78, 5) is 45.9. The van der Waals surface area contributed by atoms with E-state index < -0.39 is 11.9 Å². The minimum atomic E-state index is -1.21. The lowest BCUT2D eigenvalue weighted by Crippen LogP contribution is -2.21. The summed E-state index contributed by atoms with van der Waals surface area (Å²) in [6.07, 6.45) is 0.601. The lowest BCUT2D eigenvalue weighted by molar-refractivity contribution is 0.0691. The van der Waals surface area contributed by atoms with Gasteiger partial charge in [0.15, 0.2) is 12.1 Å². The van der Waals surface area contributed by atoms with Gasteiger partial charge in [0.05, 0.1) is 11.1 Å². The van der Waals surface area contributed by atoms with E-state index in [0.29, 0.717) is 17.4 Å². The first-order valence-corrected chi connectivity index (χ1v) is 7.09. The maximum absolute atomic E-state index is 11.9. The molecule has 0 unspecified atom stereocenters. The second-order valence-corrected chi connectivity index (χ2v) is 5.12. The largest absolute Gasteiger partial charge is 0.478 e. The Bertz CT molecular complexity index is 854. The van der Waals surface area contributed by atoms with E-state index in [-0.39, 0.29) is 28.0 Å². The molecule has 0 aliphatic carbocycles. The first-order chi connectivity index (χ1) is 11.4. The Morgan fingerprint density at radius 3 is 2.04 bits per heavy atom. The molecule has 6 nitrogen and oxygen atoms in total. The zero-order valence-electron chi connectivity index (χ0n) is 13.1. The van der Waals surface area contributed by atoms with Gasteiger partial charge in [-0.3, -0.25) is 14.4 Å². The molecule has 24 heavy (non-hydrogen) atoms. The van der Waals surface area contributed by atoms with E-state index >= 15 is 0 Å². The van der Waals surface area contributed by atoms with Crippen molar-refractivity contribution in [1.82, 2.24) is 5.32 Å². The van der Waals surface area contributed by atoms with E-state index in [9.17, 15) is 24.3 Å². The topological polar surface area (TPSA) is 101 Å². The minimum Gasteiger partial charge on any atom is -0.478 e. The fourth-order valence-corrected chi connectivity index (χ4v) is 2.38. The van der Waals surface area contributed by atoms with Crippen LogP contribution in [0.3, 0.4) is 0 Å².